The minimum Gasteiger partial charge on any atom is -0.338 e. The van der Waals surface area contributed by atoms with Crippen LogP contribution in [0.3, 0.4) is 0 Å². The SMILES string of the molecule is Cc1cc(C)n(-c2ccc(-c3ncnc(N4CCNCC4)n3)cc2)n1. The minimum atomic E-state index is 0.698. The number of aromatic nitrogens is 5. The van der Waals surface area contributed by atoms with Gasteiger partial charge in [-0.15, -0.1) is 0 Å². The van der Waals surface area contributed by atoms with Gasteiger partial charge in [0.2, 0.25) is 5.95 Å². The van der Waals surface area contributed by atoms with Crippen LogP contribution < -0.4 is 10.2 Å². The number of nitrogens with one attached hydrogen (secondary N) is 1. The molecule has 0 saturated carbocycles. The first-order valence-corrected chi connectivity index (χ1v) is 8.49. The second kappa shape index (κ2) is 6.60. The number of benzene rings is 1. The summed E-state index contributed by atoms with van der Waals surface area (Å²) in [5.74, 6) is 1.44. The first-order valence-electron chi connectivity index (χ1n) is 8.49. The molecular weight excluding hydrogens is 314 g/mol. The van der Waals surface area contributed by atoms with Crippen LogP contribution in [0.4, 0.5) is 5.95 Å². The van der Waals surface area contributed by atoms with Gasteiger partial charge >= 0.3 is 0 Å². The fraction of sp³-hybridized carbons (Fsp3) is 0.333. The molecule has 0 radical (unpaired) electrons. The molecule has 4 rings (SSSR count). The summed E-state index contributed by atoms with van der Waals surface area (Å²) in [4.78, 5) is 15.5. The van der Waals surface area contributed by atoms with Crippen molar-refractivity contribution in [1.29, 1.82) is 0 Å². The highest BCUT2D eigenvalue weighted by molar-refractivity contribution is 5.58. The van der Waals surface area contributed by atoms with E-state index in [1.165, 1.54) is 0 Å². The summed E-state index contributed by atoms with van der Waals surface area (Å²) < 4.78 is 1.94. The standard InChI is InChI=1S/C18H21N7/c1-13-11-14(2)25(23-13)16-5-3-15(4-6-16)17-20-12-21-18(22-17)24-9-7-19-8-10-24/h3-6,11-12,19H,7-10H2,1-2H3. The Hall–Kier alpha value is -2.80. The van der Waals surface area contributed by atoms with Crippen LogP contribution in [0.2, 0.25) is 0 Å². The Morgan fingerprint density at radius 3 is 2.44 bits per heavy atom. The van der Waals surface area contributed by atoms with Gasteiger partial charge in [0.05, 0.1) is 11.4 Å². The molecule has 1 N–H and O–H groups in total. The van der Waals surface area contributed by atoms with Gasteiger partial charge in [0.25, 0.3) is 0 Å². The van der Waals surface area contributed by atoms with E-state index in [0.717, 1.165) is 54.8 Å². The second-order valence-corrected chi connectivity index (χ2v) is 6.23. The summed E-state index contributed by atoms with van der Waals surface area (Å²) in [5, 5.41) is 7.86. The third kappa shape index (κ3) is 3.23. The van der Waals surface area contributed by atoms with Crippen LogP contribution >= 0.6 is 0 Å². The van der Waals surface area contributed by atoms with Crippen LogP contribution in [-0.2, 0) is 0 Å². The van der Waals surface area contributed by atoms with E-state index in [4.69, 9.17) is 0 Å². The minimum absolute atomic E-state index is 0.698. The largest absolute Gasteiger partial charge is 0.338 e. The van der Waals surface area contributed by atoms with Gasteiger partial charge in [-0.3, -0.25) is 0 Å². The van der Waals surface area contributed by atoms with Crippen LogP contribution in [0.15, 0.2) is 36.7 Å². The maximum Gasteiger partial charge on any atom is 0.228 e. The number of hydrogen-bond donors (Lipinski definition) is 1. The van der Waals surface area contributed by atoms with Crippen LogP contribution in [-0.4, -0.2) is 50.9 Å². The molecule has 0 bridgehead atoms. The maximum atomic E-state index is 4.64. The fourth-order valence-electron chi connectivity index (χ4n) is 3.09. The second-order valence-electron chi connectivity index (χ2n) is 6.23. The Balaban J connectivity index is 1.61. The fourth-order valence-corrected chi connectivity index (χ4v) is 3.09. The predicted molar refractivity (Wildman–Crippen MR) is 96.9 cm³/mol. The lowest BCUT2D eigenvalue weighted by atomic mass is 10.2. The molecule has 0 unspecified atom stereocenters. The Morgan fingerprint density at radius 2 is 1.76 bits per heavy atom. The highest BCUT2D eigenvalue weighted by Gasteiger charge is 2.14. The average molecular weight is 335 g/mol. The lowest BCUT2D eigenvalue weighted by Gasteiger charge is -2.27. The number of nitrogens with zero attached hydrogens (tertiary/aromatic N) is 6. The molecule has 7 heteroatoms. The lowest BCUT2D eigenvalue weighted by Crippen LogP contribution is -2.44. The van der Waals surface area contributed by atoms with Crippen molar-refractivity contribution in [3.8, 4) is 17.1 Å². The monoisotopic (exact) mass is 335 g/mol. The molecule has 1 aromatic carbocycles. The topological polar surface area (TPSA) is 71.8 Å². The van der Waals surface area contributed by atoms with Gasteiger partial charge in [-0.2, -0.15) is 10.1 Å². The number of aryl methyl sites for hydroxylation is 2. The smallest absolute Gasteiger partial charge is 0.228 e. The van der Waals surface area contributed by atoms with E-state index in [2.05, 4.69) is 43.3 Å². The molecule has 25 heavy (non-hydrogen) atoms. The Kier molecular flexibility index (Phi) is 4.15. The Morgan fingerprint density at radius 1 is 1.00 bits per heavy atom. The van der Waals surface area contributed by atoms with Crippen molar-refractivity contribution in [2.24, 2.45) is 0 Å². The molecule has 128 valence electrons. The molecular formula is C18H21N7. The number of hydrogen-bond acceptors (Lipinski definition) is 6. The zero-order valence-electron chi connectivity index (χ0n) is 14.5. The number of rotatable bonds is 3. The summed E-state index contributed by atoms with van der Waals surface area (Å²) in [5.41, 5.74) is 4.14. The average Bonchev–Trinajstić information content (AvgIpc) is 3.01. The molecule has 0 spiro atoms. The summed E-state index contributed by atoms with van der Waals surface area (Å²) in [7, 11) is 0. The number of anilines is 1. The lowest BCUT2D eigenvalue weighted by molar-refractivity contribution is 0.579. The summed E-state index contributed by atoms with van der Waals surface area (Å²) in [6.45, 7) is 7.80. The van der Waals surface area contributed by atoms with Crippen molar-refractivity contribution in [3.05, 3.63) is 48.0 Å². The quantitative estimate of drug-likeness (QED) is 0.786. The van der Waals surface area contributed by atoms with Gasteiger partial charge in [0, 0.05) is 37.4 Å². The van der Waals surface area contributed by atoms with Crippen LogP contribution in [0.1, 0.15) is 11.4 Å². The summed E-state index contributed by atoms with van der Waals surface area (Å²) in [6.07, 6.45) is 1.59. The zero-order chi connectivity index (χ0) is 17.2. The maximum absolute atomic E-state index is 4.64. The van der Waals surface area contributed by atoms with Crippen LogP contribution in [0.25, 0.3) is 17.1 Å². The molecule has 3 heterocycles. The van der Waals surface area contributed by atoms with Crippen molar-refractivity contribution in [2.45, 2.75) is 13.8 Å². The molecule has 7 nitrogen and oxygen atoms in total. The van der Waals surface area contributed by atoms with E-state index in [1.54, 1.807) is 6.33 Å². The first kappa shape index (κ1) is 15.7. The summed E-state index contributed by atoms with van der Waals surface area (Å²) >= 11 is 0. The molecule has 1 saturated heterocycles. The third-order valence-electron chi connectivity index (χ3n) is 4.34. The van der Waals surface area contributed by atoms with Gasteiger partial charge < -0.3 is 10.2 Å². The third-order valence-corrected chi connectivity index (χ3v) is 4.34. The molecule has 3 aromatic rings. The Labute approximate surface area is 146 Å². The molecule has 1 aliphatic heterocycles. The molecule has 1 aliphatic rings. The van der Waals surface area contributed by atoms with Gasteiger partial charge in [-0.1, -0.05) is 0 Å². The van der Waals surface area contributed by atoms with Crippen molar-refractivity contribution in [2.75, 3.05) is 31.1 Å². The van der Waals surface area contributed by atoms with Crippen LogP contribution in [0.5, 0.6) is 0 Å². The predicted octanol–water partition coefficient (Wildman–Crippen LogP) is 1.75. The highest BCUT2D eigenvalue weighted by Crippen LogP contribution is 2.20. The highest BCUT2D eigenvalue weighted by atomic mass is 15.3. The van der Waals surface area contributed by atoms with Crippen molar-refractivity contribution in [3.63, 3.8) is 0 Å². The van der Waals surface area contributed by atoms with E-state index in [0.29, 0.717) is 5.82 Å². The van der Waals surface area contributed by atoms with Gasteiger partial charge in [-0.05, 0) is 44.2 Å². The van der Waals surface area contributed by atoms with Gasteiger partial charge in [-0.25, -0.2) is 14.6 Å². The van der Waals surface area contributed by atoms with Gasteiger partial charge in [0.1, 0.15) is 6.33 Å². The van der Waals surface area contributed by atoms with E-state index < -0.39 is 0 Å². The van der Waals surface area contributed by atoms with Crippen molar-refractivity contribution >= 4 is 5.95 Å². The van der Waals surface area contributed by atoms with E-state index in [-0.39, 0.29) is 0 Å². The summed E-state index contributed by atoms with van der Waals surface area (Å²) in [6, 6.07) is 10.2. The molecule has 0 atom stereocenters. The van der Waals surface area contributed by atoms with Gasteiger partial charge in [0.15, 0.2) is 5.82 Å². The zero-order valence-corrected chi connectivity index (χ0v) is 14.5. The first-order chi connectivity index (χ1) is 12.2. The Bertz CT molecular complexity index is 863. The normalized spacial score (nSPS) is 14.7. The van der Waals surface area contributed by atoms with E-state index in [9.17, 15) is 0 Å². The molecule has 2 aromatic heterocycles. The molecule has 0 amide bonds. The van der Waals surface area contributed by atoms with Crippen molar-refractivity contribution < 1.29 is 0 Å². The molecule has 1 fully saturated rings. The van der Waals surface area contributed by atoms with E-state index >= 15 is 0 Å². The number of piperazine rings is 1. The van der Waals surface area contributed by atoms with Crippen LogP contribution in [0, 0.1) is 13.8 Å². The van der Waals surface area contributed by atoms with E-state index in [1.807, 2.05) is 35.9 Å². The van der Waals surface area contributed by atoms with Crippen molar-refractivity contribution in [1.82, 2.24) is 30.0 Å². The molecule has 0 aliphatic carbocycles.